The van der Waals surface area contributed by atoms with Crippen molar-refractivity contribution >= 4 is 18.0 Å². The third-order valence-corrected chi connectivity index (χ3v) is 4.04. The minimum Gasteiger partial charge on any atom is -0.481 e. The van der Waals surface area contributed by atoms with E-state index >= 15 is 0 Å². The quantitative estimate of drug-likeness (QED) is 0.689. The molecule has 0 aliphatic heterocycles. The third kappa shape index (κ3) is 4.91. The number of esters is 1. The van der Waals surface area contributed by atoms with Crippen molar-refractivity contribution in [3.05, 3.63) is 0 Å². The molecular formula is C14H24N2O5. The van der Waals surface area contributed by atoms with E-state index in [1.165, 1.54) is 12.0 Å². The monoisotopic (exact) mass is 300 g/mol. The molecule has 0 saturated heterocycles. The maximum atomic E-state index is 11.9. The number of ether oxygens (including phenoxy) is 1. The minimum absolute atomic E-state index is 0.155. The number of carbonyl (C=O) groups is 3. The Labute approximate surface area is 124 Å². The van der Waals surface area contributed by atoms with Gasteiger partial charge in [-0.25, -0.2) is 4.79 Å². The maximum absolute atomic E-state index is 11.9. The fourth-order valence-corrected chi connectivity index (χ4v) is 2.56. The zero-order valence-electron chi connectivity index (χ0n) is 12.7. The van der Waals surface area contributed by atoms with Crippen LogP contribution in [0, 0.1) is 5.41 Å². The molecule has 0 aromatic rings. The zero-order chi connectivity index (χ0) is 15.9. The molecule has 7 nitrogen and oxygen atoms in total. The summed E-state index contributed by atoms with van der Waals surface area (Å²) in [6, 6.07) is -0.313. The molecular weight excluding hydrogens is 276 g/mol. The number of carboxylic acid groups (broad SMARTS) is 1. The summed E-state index contributed by atoms with van der Waals surface area (Å²) in [7, 11) is 2.94. The molecule has 1 aliphatic carbocycles. The van der Waals surface area contributed by atoms with Gasteiger partial charge < -0.3 is 20.1 Å². The topological polar surface area (TPSA) is 95.9 Å². The molecule has 7 heteroatoms. The number of aliphatic carboxylic acids is 1. The van der Waals surface area contributed by atoms with Crippen LogP contribution in [-0.4, -0.2) is 55.2 Å². The fourth-order valence-electron chi connectivity index (χ4n) is 2.56. The summed E-state index contributed by atoms with van der Waals surface area (Å²) in [4.78, 5) is 35.7. The van der Waals surface area contributed by atoms with Gasteiger partial charge >= 0.3 is 18.0 Å². The van der Waals surface area contributed by atoms with Crippen LogP contribution in [0.3, 0.4) is 0 Å². The number of nitrogens with one attached hydrogen (secondary N) is 1. The van der Waals surface area contributed by atoms with Crippen molar-refractivity contribution in [1.82, 2.24) is 10.2 Å². The highest BCUT2D eigenvalue weighted by Gasteiger charge is 2.41. The largest absolute Gasteiger partial charge is 0.481 e. The molecule has 0 radical (unpaired) electrons. The Morgan fingerprint density at radius 2 is 1.90 bits per heavy atom. The second-order valence-electron chi connectivity index (χ2n) is 5.55. The van der Waals surface area contributed by atoms with Gasteiger partial charge in [-0.05, 0) is 19.3 Å². The smallest absolute Gasteiger partial charge is 0.317 e. The standard InChI is InChI=1S/C14H24N2O5/c1-16(9-5-6-11(17)21-2)13(20)15-10-14(12(18)19)7-3-4-8-14/h3-10H2,1-2H3,(H,15,20)(H,18,19). The summed E-state index contributed by atoms with van der Waals surface area (Å²) in [5, 5.41) is 12.0. The van der Waals surface area contributed by atoms with Crippen LogP contribution in [0.5, 0.6) is 0 Å². The highest BCUT2D eigenvalue weighted by molar-refractivity contribution is 5.78. The number of rotatable bonds is 7. The third-order valence-electron chi connectivity index (χ3n) is 4.04. The molecule has 0 heterocycles. The molecule has 0 atom stereocenters. The Morgan fingerprint density at radius 1 is 1.29 bits per heavy atom. The molecule has 21 heavy (non-hydrogen) atoms. The Hall–Kier alpha value is -1.79. The van der Waals surface area contributed by atoms with Gasteiger partial charge in [0, 0.05) is 26.6 Å². The predicted molar refractivity (Wildman–Crippen MR) is 75.8 cm³/mol. The van der Waals surface area contributed by atoms with Crippen molar-refractivity contribution in [2.24, 2.45) is 5.41 Å². The summed E-state index contributed by atoms with van der Waals surface area (Å²) in [5.74, 6) is -1.15. The van der Waals surface area contributed by atoms with Gasteiger partial charge in [-0.3, -0.25) is 9.59 Å². The number of amides is 2. The first-order valence-corrected chi connectivity index (χ1v) is 7.20. The zero-order valence-corrected chi connectivity index (χ0v) is 12.7. The maximum Gasteiger partial charge on any atom is 0.317 e. The van der Waals surface area contributed by atoms with Crippen molar-refractivity contribution < 1.29 is 24.2 Å². The Morgan fingerprint density at radius 3 is 2.43 bits per heavy atom. The number of hydrogen-bond donors (Lipinski definition) is 2. The molecule has 2 N–H and O–H groups in total. The van der Waals surface area contributed by atoms with Crippen LogP contribution in [0.15, 0.2) is 0 Å². The minimum atomic E-state index is -0.839. The van der Waals surface area contributed by atoms with E-state index in [-0.39, 0.29) is 25.0 Å². The molecule has 0 unspecified atom stereocenters. The Balaban J connectivity index is 2.35. The molecule has 1 saturated carbocycles. The summed E-state index contributed by atoms with van der Waals surface area (Å²) in [6.07, 6.45) is 3.76. The molecule has 1 fully saturated rings. The van der Waals surface area contributed by atoms with Crippen LogP contribution < -0.4 is 5.32 Å². The number of carbonyl (C=O) groups excluding carboxylic acids is 2. The average molecular weight is 300 g/mol. The van der Waals surface area contributed by atoms with Gasteiger partial charge in [0.2, 0.25) is 0 Å². The van der Waals surface area contributed by atoms with E-state index in [1.54, 1.807) is 7.05 Å². The molecule has 0 aromatic carbocycles. The first-order chi connectivity index (χ1) is 9.91. The van der Waals surface area contributed by atoms with Crippen LogP contribution >= 0.6 is 0 Å². The van der Waals surface area contributed by atoms with Gasteiger partial charge in [-0.2, -0.15) is 0 Å². The normalized spacial score (nSPS) is 16.3. The highest BCUT2D eigenvalue weighted by atomic mass is 16.5. The SMILES string of the molecule is COC(=O)CCCN(C)C(=O)NCC1(C(=O)O)CCCC1. The van der Waals surface area contributed by atoms with Gasteiger partial charge in [0.05, 0.1) is 12.5 Å². The van der Waals surface area contributed by atoms with Crippen LogP contribution in [0.25, 0.3) is 0 Å². The highest BCUT2D eigenvalue weighted by Crippen LogP contribution is 2.37. The summed E-state index contributed by atoms with van der Waals surface area (Å²) in [5.41, 5.74) is -0.817. The number of carboxylic acids is 1. The van der Waals surface area contributed by atoms with Crippen molar-refractivity contribution in [2.45, 2.75) is 38.5 Å². The number of urea groups is 1. The molecule has 1 rings (SSSR count). The van der Waals surface area contributed by atoms with Crippen LogP contribution in [0.4, 0.5) is 4.79 Å². The van der Waals surface area contributed by atoms with E-state index in [9.17, 15) is 19.5 Å². The summed E-state index contributed by atoms with van der Waals surface area (Å²) >= 11 is 0. The first kappa shape index (κ1) is 17.3. The Kier molecular flexibility index (Phi) is 6.45. The number of nitrogens with zero attached hydrogens (tertiary/aromatic N) is 1. The van der Waals surface area contributed by atoms with Gasteiger partial charge in [-0.15, -0.1) is 0 Å². The predicted octanol–water partition coefficient (Wildman–Crippen LogP) is 1.23. The lowest BCUT2D eigenvalue weighted by molar-refractivity contribution is -0.148. The van der Waals surface area contributed by atoms with Crippen LogP contribution in [-0.2, 0) is 14.3 Å². The molecule has 0 spiro atoms. The number of methoxy groups -OCH3 is 1. The first-order valence-electron chi connectivity index (χ1n) is 7.20. The molecule has 1 aliphatic rings. The van der Waals surface area contributed by atoms with Crippen molar-refractivity contribution in [1.29, 1.82) is 0 Å². The molecule has 0 bridgehead atoms. The number of hydrogen-bond acceptors (Lipinski definition) is 4. The van der Waals surface area contributed by atoms with Gasteiger partial charge in [0.25, 0.3) is 0 Å². The molecule has 120 valence electrons. The van der Waals surface area contributed by atoms with E-state index in [1.807, 2.05) is 0 Å². The van der Waals surface area contributed by atoms with Gasteiger partial charge in [0.15, 0.2) is 0 Å². The van der Waals surface area contributed by atoms with Gasteiger partial charge in [-0.1, -0.05) is 12.8 Å². The lowest BCUT2D eigenvalue weighted by Gasteiger charge is -2.26. The Bertz CT molecular complexity index is 391. The van der Waals surface area contributed by atoms with E-state index in [2.05, 4.69) is 10.1 Å². The second kappa shape index (κ2) is 7.85. The van der Waals surface area contributed by atoms with E-state index in [0.717, 1.165) is 12.8 Å². The summed E-state index contributed by atoms with van der Waals surface area (Å²) in [6.45, 7) is 0.573. The lowest BCUT2D eigenvalue weighted by Crippen LogP contribution is -2.45. The summed E-state index contributed by atoms with van der Waals surface area (Å²) < 4.78 is 4.52. The average Bonchev–Trinajstić information content (AvgIpc) is 2.94. The molecule has 0 aromatic heterocycles. The van der Waals surface area contributed by atoms with Crippen LogP contribution in [0.1, 0.15) is 38.5 Å². The van der Waals surface area contributed by atoms with Crippen molar-refractivity contribution in [2.75, 3.05) is 27.2 Å². The second-order valence-corrected chi connectivity index (χ2v) is 5.55. The fraction of sp³-hybridized carbons (Fsp3) is 0.786. The van der Waals surface area contributed by atoms with E-state index in [4.69, 9.17) is 0 Å². The van der Waals surface area contributed by atoms with Crippen molar-refractivity contribution in [3.63, 3.8) is 0 Å². The van der Waals surface area contributed by atoms with E-state index in [0.29, 0.717) is 25.8 Å². The lowest BCUT2D eigenvalue weighted by atomic mass is 9.86. The van der Waals surface area contributed by atoms with E-state index < -0.39 is 11.4 Å². The molecule has 2 amide bonds. The van der Waals surface area contributed by atoms with Crippen LogP contribution in [0.2, 0.25) is 0 Å². The van der Waals surface area contributed by atoms with Crippen molar-refractivity contribution in [3.8, 4) is 0 Å². The van der Waals surface area contributed by atoms with Gasteiger partial charge in [0.1, 0.15) is 0 Å².